The molecule has 0 aliphatic carbocycles. The average Bonchev–Trinajstić information content (AvgIpc) is 2.84. The van der Waals surface area contributed by atoms with Crippen LogP contribution in [0.25, 0.3) is 0 Å². The van der Waals surface area contributed by atoms with Gasteiger partial charge in [0.1, 0.15) is 0 Å². The molecule has 2 aliphatic rings. The van der Waals surface area contributed by atoms with Gasteiger partial charge in [-0.15, -0.1) is 0 Å². The first-order valence-electron chi connectivity index (χ1n) is 6.94. The van der Waals surface area contributed by atoms with Crippen LogP contribution >= 0.6 is 0 Å². The van der Waals surface area contributed by atoms with E-state index >= 15 is 0 Å². The van der Waals surface area contributed by atoms with E-state index in [1.165, 1.54) is 4.31 Å². The molecule has 1 aromatic rings. The molecular weight excluding hydrogens is 276 g/mol. The fraction of sp³-hybridized carbons (Fsp3) is 0.571. The van der Waals surface area contributed by atoms with Crippen molar-refractivity contribution in [1.82, 2.24) is 9.62 Å². The predicted molar refractivity (Wildman–Crippen MR) is 75.6 cm³/mol. The number of aliphatic hydroxyl groups is 1. The van der Waals surface area contributed by atoms with Crippen LogP contribution in [0.5, 0.6) is 0 Å². The van der Waals surface area contributed by atoms with Crippen LogP contribution in [0.3, 0.4) is 0 Å². The van der Waals surface area contributed by atoms with Gasteiger partial charge in [-0.05, 0) is 43.0 Å². The Morgan fingerprint density at radius 1 is 1.30 bits per heavy atom. The molecule has 6 heteroatoms. The van der Waals surface area contributed by atoms with Gasteiger partial charge in [0.15, 0.2) is 0 Å². The van der Waals surface area contributed by atoms with E-state index in [2.05, 4.69) is 5.32 Å². The topological polar surface area (TPSA) is 69.6 Å². The van der Waals surface area contributed by atoms with Gasteiger partial charge >= 0.3 is 0 Å². The van der Waals surface area contributed by atoms with Crippen LogP contribution in [0.2, 0.25) is 0 Å². The second kappa shape index (κ2) is 4.80. The van der Waals surface area contributed by atoms with Gasteiger partial charge < -0.3 is 10.4 Å². The first-order valence-corrected chi connectivity index (χ1v) is 8.38. The normalized spacial score (nSPS) is 27.5. The molecule has 0 radical (unpaired) electrons. The van der Waals surface area contributed by atoms with Gasteiger partial charge in [0.05, 0.1) is 10.5 Å². The summed E-state index contributed by atoms with van der Waals surface area (Å²) in [4.78, 5) is 0.331. The first kappa shape index (κ1) is 14.0. The lowest BCUT2D eigenvalue weighted by Crippen LogP contribution is -2.48. The number of hydrogen-bond donors (Lipinski definition) is 2. The van der Waals surface area contributed by atoms with E-state index in [-0.39, 0.29) is 6.54 Å². The minimum atomic E-state index is -3.51. The average molecular weight is 296 g/mol. The Morgan fingerprint density at radius 2 is 2.05 bits per heavy atom. The van der Waals surface area contributed by atoms with Gasteiger partial charge in [-0.25, -0.2) is 8.42 Å². The standard InChI is InChI=1S/C14H20N2O3S/c1-14(17)5-2-6-16(10-14)20(18,19)13-4-3-11-8-15-9-12(11)7-13/h3-4,7,15,17H,2,5-6,8-10H2,1H3. The molecule has 0 spiro atoms. The highest BCUT2D eigenvalue weighted by Crippen LogP contribution is 2.27. The number of β-amino-alcohol motifs (C(OH)–C–C–N with tert-alkyl or cyclic N) is 1. The summed E-state index contributed by atoms with van der Waals surface area (Å²) in [5.74, 6) is 0. The molecule has 2 N–H and O–H groups in total. The highest BCUT2D eigenvalue weighted by atomic mass is 32.2. The summed E-state index contributed by atoms with van der Waals surface area (Å²) in [6.45, 7) is 3.87. The van der Waals surface area contributed by atoms with Gasteiger partial charge in [-0.2, -0.15) is 4.31 Å². The van der Waals surface area contributed by atoms with E-state index in [4.69, 9.17) is 0 Å². The SMILES string of the molecule is CC1(O)CCCN(S(=O)(=O)c2ccc3c(c2)CNC3)C1. The summed E-state index contributed by atoms with van der Waals surface area (Å²) >= 11 is 0. The molecule has 0 aromatic heterocycles. The van der Waals surface area contributed by atoms with Crippen molar-refractivity contribution in [2.24, 2.45) is 0 Å². The monoisotopic (exact) mass is 296 g/mol. The largest absolute Gasteiger partial charge is 0.389 e. The van der Waals surface area contributed by atoms with Crippen LogP contribution in [0.4, 0.5) is 0 Å². The van der Waals surface area contributed by atoms with Gasteiger partial charge in [-0.3, -0.25) is 0 Å². The third-order valence-electron chi connectivity index (χ3n) is 4.09. The zero-order valence-corrected chi connectivity index (χ0v) is 12.4. The number of piperidine rings is 1. The number of hydrogen-bond acceptors (Lipinski definition) is 4. The van der Waals surface area contributed by atoms with E-state index in [9.17, 15) is 13.5 Å². The Bertz CT molecular complexity index is 625. The number of fused-ring (bicyclic) bond motifs is 1. The number of benzene rings is 1. The van der Waals surface area contributed by atoms with Crippen molar-refractivity contribution < 1.29 is 13.5 Å². The van der Waals surface area contributed by atoms with E-state index < -0.39 is 15.6 Å². The lowest BCUT2D eigenvalue weighted by atomic mass is 9.97. The van der Waals surface area contributed by atoms with Crippen LogP contribution in [0, 0.1) is 0 Å². The van der Waals surface area contributed by atoms with Crippen molar-refractivity contribution in [3.63, 3.8) is 0 Å². The molecule has 1 saturated heterocycles. The Hall–Kier alpha value is -0.950. The Morgan fingerprint density at radius 3 is 2.80 bits per heavy atom. The van der Waals surface area contributed by atoms with Gasteiger partial charge in [0, 0.05) is 26.2 Å². The maximum atomic E-state index is 12.7. The summed E-state index contributed by atoms with van der Waals surface area (Å²) in [6.07, 6.45) is 1.34. The van der Waals surface area contributed by atoms with Crippen molar-refractivity contribution in [2.45, 2.75) is 43.4 Å². The number of nitrogens with one attached hydrogen (secondary N) is 1. The lowest BCUT2D eigenvalue weighted by molar-refractivity contribution is 0.00940. The van der Waals surface area contributed by atoms with Crippen LogP contribution < -0.4 is 5.32 Å². The molecule has 20 heavy (non-hydrogen) atoms. The van der Waals surface area contributed by atoms with Crippen LogP contribution in [-0.4, -0.2) is 36.5 Å². The number of sulfonamides is 1. The molecule has 2 heterocycles. The van der Waals surface area contributed by atoms with Crippen molar-refractivity contribution >= 4 is 10.0 Å². The molecule has 5 nitrogen and oxygen atoms in total. The molecule has 1 aromatic carbocycles. The number of rotatable bonds is 2. The van der Waals surface area contributed by atoms with E-state index in [1.54, 1.807) is 19.1 Å². The molecule has 1 atom stereocenters. The molecule has 0 amide bonds. The smallest absolute Gasteiger partial charge is 0.243 e. The van der Waals surface area contributed by atoms with Crippen LogP contribution in [-0.2, 0) is 23.1 Å². The third-order valence-corrected chi connectivity index (χ3v) is 5.93. The van der Waals surface area contributed by atoms with Crippen LogP contribution in [0.1, 0.15) is 30.9 Å². The molecule has 1 unspecified atom stereocenters. The summed E-state index contributed by atoms with van der Waals surface area (Å²) in [6, 6.07) is 5.31. The van der Waals surface area contributed by atoms with Crippen molar-refractivity contribution in [1.29, 1.82) is 0 Å². The van der Waals surface area contributed by atoms with E-state index in [0.717, 1.165) is 24.2 Å². The van der Waals surface area contributed by atoms with Crippen molar-refractivity contribution in [3.8, 4) is 0 Å². The zero-order chi connectivity index (χ0) is 14.4. The van der Waals surface area contributed by atoms with Gasteiger partial charge in [0.25, 0.3) is 0 Å². The van der Waals surface area contributed by atoms with E-state index in [0.29, 0.717) is 24.3 Å². The molecule has 0 saturated carbocycles. The Balaban J connectivity index is 1.92. The second-order valence-corrected chi connectivity index (χ2v) is 7.91. The summed E-state index contributed by atoms with van der Waals surface area (Å²) in [5.41, 5.74) is 1.29. The highest BCUT2D eigenvalue weighted by molar-refractivity contribution is 7.89. The fourth-order valence-corrected chi connectivity index (χ4v) is 4.61. The minimum Gasteiger partial charge on any atom is -0.389 e. The molecule has 110 valence electrons. The second-order valence-electron chi connectivity index (χ2n) is 5.97. The first-order chi connectivity index (χ1) is 9.38. The third kappa shape index (κ3) is 2.48. The summed E-state index contributed by atoms with van der Waals surface area (Å²) < 4.78 is 26.7. The van der Waals surface area contributed by atoms with Gasteiger partial charge in [-0.1, -0.05) is 6.07 Å². The number of nitrogens with zero attached hydrogens (tertiary/aromatic N) is 1. The molecule has 0 bridgehead atoms. The van der Waals surface area contributed by atoms with Gasteiger partial charge in [0.2, 0.25) is 10.0 Å². The molecule has 3 rings (SSSR count). The Kier molecular flexibility index (Phi) is 3.36. The molecule has 2 aliphatic heterocycles. The Labute approximate surface area is 119 Å². The predicted octanol–water partition coefficient (Wildman–Crippen LogP) is 0.825. The highest BCUT2D eigenvalue weighted by Gasteiger charge is 2.35. The van der Waals surface area contributed by atoms with Crippen molar-refractivity contribution in [2.75, 3.05) is 13.1 Å². The zero-order valence-electron chi connectivity index (χ0n) is 11.6. The van der Waals surface area contributed by atoms with Crippen molar-refractivity contribution in [3.05, 3.63) is 29.3 Å². The molecular formula is C14H20N2O3S. The van der Waals surface area contributed by atoms with Crippen LogP contribution in [0.15, 0.2) is 23.1 Å². The summed E-state index contributed by atoms with van der Waals surface area (Å²) in [5, 5.41) is 13.3. The fourth-order valence-electron chi connectivity index (χ4n) is 2.96. The summed E-state index contributed by atoms with van der Waals surface area (Å²) in [7, 11) is -3.51. The van der Waals surface area contributed by atoms with E-state index in [1.807, 2.05) is 6.07 Å². The quantitative estimate of drug-likeness (QED) is 0.848. The lowest BCUT2D eigenvalue weighted by Gasteiger charge is -2.36. The minimum absolute atomic E-state index is 0.171. The molecule has 1 fully saturated rings. The maximum absolute atomic E-state index is 12.7. The maximum Gasteiger partial charge on any atom is 0.243 e.